The summed E-state index contributed by atoms with van der Waals surface area (Å²) < 4.78 is 0. The molecule has 0 radical (unpaired) electrons. The number of likely N-dealkylation sites (tertiary alicyclic amines) is 1. The Morgan fingerprint density at radius 2 is 1.65 bits per heavy atom. The van der Waals surface area contributed by atoms with Crippen molar-refractivity contribution in [3.8, 4) is 0 Å². The van der Waals surface area contributed by atoms with Crippen LogP contribution >= 0.6 is 0 Å². The highest BCUT2D eigenvalue weighted by atomic mass is 16.6. The summed E-state index contributed by atoms with van der Waals surface area (Å²) in [6, 6.07) is 4.09. The van der Waals surface area contributed by atoms with Gasteiger partial charge in [0.15, 0.2) is 0 Å². The zero-order valence-electron chi connectivity index (χ0n) is 13.8. The maximum Gasteiger partial charge on any atom is 0.269 e. The number of nitro benzene ring substituents is 1. The molecule has 2 aliphatic carbocycles. The van der Waals surface area contributed by atoms with Crippen LogP contribution in [0.25, 0.3) is 0 Å². The van der Waals surface area contributed by atoms with Crippen LogP contribution in [0.3, 0.4) is 0 Å². The fraction of sp³-hybridized carbons (Fsp3) is 0.444. The van der Waals surface area contributed by atoms with Gasteiger partial charge in [0.1, 0.15) is 6.10 Å². The molecule has 26 heavy (non-hydrogen) atoms. The maximum atomic E-state index is 12.8. The molecule has 2 N–H and O–H groups in total. The molecule has 3 aliphatic rings. The fourth-order valence-corrected chi connectivity index (χ4v) is 4.59. The van der Waals surface area contributed by atoms with Crippen molar-refractivity contribution in [1.29, 1.82) is 0 Å². The lowest BCUT2D eigenvalue weighted by Gasteiger charge is -2.30. The number of hydrogen-bond donors (Lipinski definition) is 2. The van der Waals surface area contributed by atoms with E-state index in [4.69, 9.17) is 0 Å². The minimum Gasteiger partial charge on any atom is -0.394 e. The maximum absolute atomic E-state index is 12.8. The number of non-ortho nitro benzene ring substituents is 1. The molecular weight excluding hydrogens is 340 g/mol. The molecule has 8 heteroatoms. The van der Waals surface area contributed by atoms with Crippen LogP contribution in [0.4, 0.5) is 5.69 Å². The van der Waals surface area contributed by atoms with E-state index in [-0.39, 0.29) is 29.3 Å². The molecule has 8 nitrogen and oxygen atoms in total. The van der Waals surface area contributed by atoms with E-state index in [2.05, 4.69) is 0 Å². The van der Waals surface area contributed by atoms with Gasteiger partial charge >= 0.3 is 0 Å². The van der Waals surface area contributed by atoms with Gasteiger partial charge in [-0.15, -0.1) is 0 Å². The predicted octanol–water partition coefficient (Wildman–Crippen LogP) is 0.796. The van der Waals surface area contributed by atoms with E-state index in [0.29, 0.717) is 5.56 Å². The fourth-order valence-electron chi connectivity index (χ4n) is 4.59. The smallest absolute Gasteiger partial charge is 0.269 e. The zero-order valence-corrected chi connectivity index (χ0v) is 13.8. The third-order valence-electron chi connectivity index (χ3n) is 5.83. The minimum absolute atomic E-state index is 0.0438. The predicted molar refractivity (Wildman–Crippen MR) is 88.5 cm³/mol. The van der Waals surface area contributed by atoms with E-state index in [1.54, 1.807) is 0 Å². The Balaban J connectivity index is 1.60. The van der Waals surface area contributed by atoms with Crippen LogP contribution < -0.4 is 0 Å². The van der Waals surface area contributed by atoms with Gasteiger partial charge in [-0.2, -0.15) is 0 Å². The second kappa shape index (κ2) is 6.00. The molecule has 136 valence electrons. The molecule has 2 bridgehead atoms. The first kappa shape index (κ1) is 16.9. The first-order valence-electron chi connectivity index (χ1n) is 8.52. The van der Waals surface area contributed by atoms with Crippen molar-refractivity contribution < 1.29 is 24.7 Å². The first-order chi connectivity index (χ1) is 12.4. The Labute approximate surface area is 148 Å². The Morgan fingerprint density at radius 1 is 1.12 bits per heavy atom. The third-order valence-corrected chi connectivity index (χ3v) is 5.83. The van der Waals surface area contributed by atoms with Gasteiger partial charge in [0.05, 0.1) is 29.4 Å². The van der Waals surface area contributed by atoms with Crippen LogP contribution in [0, 0.1) is 33.8 Å². The standard InChI is InChI=1S/C18H18N2O6/c21-8-13(16(22)9-3-5-12(6-4-9)20(25)26)19-17(23)14-10-1-2-11(7-10)15(14)18(19)24/h1-6,10-11,13-16,21-22H,7-8H2/t10-,11+,13-,14+,15-,16-/m0/s1. The lowest BCUT2D eigenvalue weighted by Crippen LogP contribution is -2.47. The molecule has 1 aromatic carbocycles. The summed E-state index contributed by atoms with van der Waals surface area (Å²) in [4.78, 5) is 36.8. The number of fused-ring (bicyclic) bond motifs is 5. The number of rotatable bonds is 5. The molecule has 2 fully saturated rings. The van der Waals surface area contributed by atoms with E-state index in [1.165, 1.54) is 24.3 Å². The van der Waals surface area contributed by atoms with Crippen molar-refractivity contribution in [3.63, 3.8) is 0 Å². The molecule has 2 amide bonds. The molecule has 1 saturated carbocycles. The number of hydrogen-bond acceptors (Lipinski definition) is 6. The largest absolute Gasteiger partial charge is 0.394 e. The lowest BCUT2D eigenvalue weighted by atomic mass is 9.85. The third kappa shape index (κ3) is 2.29. The van der Waals surface area contributed by atoms with Gasteiger partial charge in [-0.25, -0.2) is 0 Å². The second-order valence-electron chi connectivity index (χ2n) is 7.09. The normalized spacial score (nSPS) is 31.4. The summed E-state index contributed by atoms with van der Waals surface area (Å²) >= 11 is 0. The summed E-state index contributed by atoms with van der Waals surface area (Å²) in [6.45, 7) is -0.585. The monoisotopic (exact) mass is 358 g/mol. The molecule has 6 atom stereocenters. The van der Waals surface area contributed by atoms with Crippen LogP contribution in [-0.4, -0.2) is 44.5 Å². The minimum atomic E-state index is -1.32. The van der Waals surface area contributed by atoms with Crippen LogP contribution in [0.15, 0.2) is 36.4 Å². The average Bonchev–Trinajstić information content (AvgIpc) is 3.31. The van der Waals surface area contributed by atoms with Crippen molar-refractivity contribution in [2.75, 3.05) is 6.61 Å². The number of aliphatic hydroxyl groups excluding tert-OH is 2. The number of nitrogens with zero attached hydrogens (tertiary/aromatic N) is 2. The van der Waals surface area contributed by atoms with Gasteiger partial charge in [0.2, 0.25) is 11.8 Å². The molecule has 1 aromatic rings. The number of carbonyl (C=O) groups excluding carboxylic acids is 2. The molecule has 0 spiro atoms. The van der Waals surface area contributed by atoms with Gasteiger partial charge in [-0.1, -0.05) is 12.2 Å². The number of aliphatic hydroxyl groups is 2. The highest BCUT2D eigenvalue weighted by Gasteiger charge is 2.60. The number of benzene rings is 1. The average molecular weight is 358 g/mol. The van der Waals surface area contributed by atoms with E-state index in [9.17, 15) is 29.9 Å². The number of nitro groups is 1. The van der Waals surface area contributed by atoms with Crippen molar-refractivity contribution in [2.24, 2.45) is 23.7 Å². The summed E-state index contributed by atoms with van der Waals surface area (Å²) in [7, 11) is 0. The Morgan fingerprint density at radius 3 is 2.12 bits per heavy atom. The molecule has 1 aliphatic heterocycles. The van der Waals surface area contributed by atoms with Crippen LogP contribution in [0.1, 0.15) is 18.1 Å². The number of amides is 2. The molecule has 1 heterocycles. The van der Waals surface area contributed by atoms with Crippen LogP contribution in [0.5, 0.6) is 0 Å². The van der Waals surface area contributed by atoms with Gasteiger partial charge in [0.25, 0.3) is 5.69 Å². The number of allylic oxidation sites excluding steroid dienone is 2. The first-order valence-corrected chi connectivity index (χ1v) is 8.52. The summed E-state index contributed by atoms with van der Waals surface area (Å²) in [5.41, 5.74) is 0.167. The molecule has 0 unspecified atom stereocenters. The van der Waals surface area contributed by atoms with Gasteiger partial charge in [0, 0.05) is 12.1 Å². The Kier molecular flexibility index (Phi) is 3.89. The van der Waals surface area contributed by atoms with E-state index in [1.807, 2.05) is 12.2 Å². The molecular formula is C18H18N2O6. The van der Waals surface area contributed by atoms with Crippen molar-refractivity contribution >= 4 is 17.5 Å². The molecule has 1 saturated heterocycles. The van der Waals surface area contributed by atoms with E-state index >= 15 is 0 Å². The number of carbonyl (C=O) groups is 2. The Bertz CT molecular complexity index is 774. The Hall–Kier alpha value is -2.58. The quantitative estimate of drug-likeness (QED) is 0.347. The summed E-state index contributed by atoms with van der Waals surface area (Å²) in [5.74, 6) is -1.43. The van der Waals surface area contributed by atoms with Crippen molar-refractivity contribution in [2.45, 2.75) is 18.6 Å². The molecule has 4 rings (SSSR count). The van der Waals surface area contributed by atoms with Crippen molar-refractivity contribution in [1.82, 2.24) is 4.90 Å². The lowest BCUT2D eigenvalue weighted by molar-refractivity contribution is -0.384. The van der Waals surface area contributed by atoms with Gasteiger partial charge < -0.3 is 10.2 Å². The number of imide groups is 1. The van der Waals surface area contributed by atoms with Gasteiger partial charge in [-0.05, 0) is 36.0 Å². The van der Waals surface area contributed by atoms with E-state index in [0.717, 1.165) is 11.3 Å². The summed E-state index contributed by atoms with van der Waals surface area (Å²) in [5, 5.41) is 31.1. The highest BCUT2D eigenvalue weighted by molar-refractivity contribution is 6.06. The zero-order chi connectivity index (χ0) is 18.6. The van der Waals surface area contributed by atoms with E-state index < -0.39 is 35.5 Å². The second-order valence-corrected chi connectivity index (χ2v) is 7.09. The highest BCUT2D eigenvalue weighted by Crippen LogP contribution is 2.53. The van der Waals surface area contributed by atoms with Crippen LogP contribution in [-0.2, 0) is 9.59 Å². The summed E-state index contributed by atoms with van der Waals surface area (Å²) in [6.07, 6.45) is 3.43. The van der Waals surface area contributed by atoms with Crippen molar-refractivity contribution in [3.05, 3.63) is 52.1 Å². The molecule has 0 aromatic heterocycles. The van der Waals surface area contributed by atoms with Gasteiger partial charge in [-0.3, -0.25) is 24.6 Å². The SMILES string of the molecule is O=C1[C@@H]2[C@H](C(=O)N1[C@@H](CO)[C@@H](O)c1ccc([N+](=O)[O-])cc1)[C@H]1C=C[C@@H]2C1. The van der Waals surface area contributed by atoms with Crippen LogP contribution in [0.2, 0.25) is 0 Å². The topological polar surface area (TPSA) is 121 Å².